The van der Waals surface area contributed by atoms with Gasteiger partial charge in [0.1, 0.15) is 0 Å². The number of benzene rings is 1. The van der Waals surface area contributed by atoms with Gasteiger partial charge in [-0.05, 0) is 11.0 Å². The summed E-state index contributed by atoms with van der Waals surface area (Å²) < 4.78 is 0. The quantitative estimate of drug-likeness (QED) is 0.705. The van der Waals surface area contributed by atoms with Crippen LogP contribution in [0, 0.1) is 5.41 Å². The van der Waals surface area contributed by atoms with E-state index in [-0.39, 0.29) is 5.41 Å². The zero-order chi connectivity index (χ0) is 10.0. The van der Waals surface area contributed by atoms with Gasteiger partial charge in [-0.15, -0.1) is 0 Å². The molecule has 14 heavy (non-hydrogen) atoms. The Balaban J connectivity index is 2.31. The summed E-state index contributed by atoms with van der Waals surface area (Å²) in [6.45, 7) is 5.41. The van der Waals surface area contributed by atoms with Gasteiger partial charge in [0.05, 0.1) is 5.70 Å². The number of hydrazine groups is 1. The molecule has 1 aromatic rings. The first kappa shape index (κ1) is 9.28. The molecule has 2 rings (SSSR count). The molecule has 0 spiro atoms. The molecule has 1 aromatic carbocycles. The van der Waals surface area contributed by atoms with Crippen molar-refractivity contribution in [3.63, 3.8) is 0 Å². The minimum atomic E-state index is 0.219. The molecule has 1 aliphatic heterocycles. The average Bonchev–Trinajstić information content (AvgIpc) is 2.18. The molecule has 1 aliphatic rings. The van der Waals surface area contributed by atoms with Gasteiger partial charge in [-0.2, -0.15) is 0 Å². The Morgan fingerprint density at radius 2 is 1.86 bits per heavy atom. The van der Waals surface area contributed by atoms with Gasteiger partial charge in [0, 0.05) is 6.54 Å². The Labute approximate surface area is 85.0 Å². The van der Waals surface area contributed by atoms with Crippen molar-refractivity contribution in [1.29, 1.82) is 0 Å². The zero-order valence-corrected chi connectivity index (χ0v) is 8.67. The van der Waals surface area contributed by atoms with Crippen LogP contribution in [0.4, 0.5) is 0 Å². The molecule has 2 heteroatoms. The second kappa shape index (κ2) is 3.46. The minimum absolute atomic E-state index is 0.219. The van der Waals surface area contributed by atoms with Gasteiger partial charge in [-0.3, -0.25) is 0 Å². The summed E-state index contributed by atoms with van der Waals surface area (Å²) in [4.78, 5) is 0. The van der Waals surface area contributed by atoms with Crippen LogP contribution in [0.1, 0.15) is 19.4 Å². The zero-order valence-electron chi connectivity index (χ0n) is 8.67. The number of hydrogen-bond donors (Lipinski definition) is 2. The van der Waals surface area contributed by atoms with Gasteiger partial charge in [-0.25, -0.2) is 5.43 Å². The fraction of sp³-hybridized carbons (Fsp3) is 0.333. The Morgan fingerprint density at radius 3 is 2.50 bits per heavy atom. The van der Waals surface area contributed by atoms with E-state index in [4.69, 9.17) is 0 Å². The van der Waals surface area contributed by atoms with Crippen LogP contribution >= 0.6 is 0 Å². The number of nitrogens with one attached hydrogen (secondary N) is 2. The van der Waals surface area contributed by atoms with E-state index in [1.165, 1.54) is 11.3 Å². The van der Waals surface area contributed by atoms with E-state index in [9.17, 15) is 0 Å². The van der Waals surface area contributed by atoms with Crippen LogP contribution in [0.2, 0.25) is 0 Å². The first-order valence-corrected chi connectivity index (χ1v) is 4.95. The molecule has 0 atom stereocenters. The van der Waals surface area contributed by atoms with Crippen LogP contribution in [0.25, 0.3) is 5.70 Å². The van der Waals surface area contributed by atoms with Crippen molar-refractivity contribution in [3.8, 4) is 0 Å². The van der Waals surface area contributed by atoms with E-state index in [2.05, 4.69) is 55.0 Å². The van der Waals surface area contributed by atoms with Crippen LogP contribution in [-0.4, -0.2) is 6.54 Å². The third-order valence-corrected chi connectivity index (χ3v) is 2.39. The average molecular weight is 188 g/mol. The maximum atomic E-state index is 3.21. The molecule has 0 unspecified atom stereocenters. The first-order chi connectivity index (χ1) is 6.67. The summed E-state index contributed by atoms with van der Waals surface area (Å²) in [6, 6.07) is 10.4. The van der Waals surface area contributed by atoms with Gasteiger partial charge >= 0.3 is 0 Å². The largest absolute Gasteiger partial charge is 0.321 e. The third kappa shape index (κ3) is 1.96. The Morgan fingerprint density at radius 1 is 1.14 bits per heavy atom. The highest BCUT2D eigenvalue weighted by atomic mass is 15.4. The van der Waals surface area contributed by atoms with Crippen molar-refractivity contribution in [2.24, 2.45) is 5.41 Å². The lowest BCUT2D eigenvalue weighted by Crippen LogP contribution is -2.42. The molecule has 0 radical (unpaired) electrons. The van der Waals surface area contributed by atoms with Crippen LogP contribution in [0.3, 0.4) is 0 Å². The summed E-state index contributed by atoms with van der Waals surface area (Å²) >= 11 is 0. The smallest absolute Gasteiger partial charge is 0.0525 e. The van der Waals surface area contributed by atoms with E-state index in [0.29, 0.717) is 0 Å². The summed E-state index contributed by atoms with van der Waals surface area (Å²) in [7, 11) is 0. The van der Waals surface area contributed by atoms with E-state index in [1.54, 1.807) is 0 Å². The molecule has 74 valence electrons. The maximum absolute atomic E-state index is 3.21. The van der Waals surface area contributed by atoms with Crippen molar-refractivity contribution in [2.45, 2.75) is 13.8 Å². The van der Waals surface area contributed by atoms with Crippen molar-refractivity contribution in [3.05, 3.63) is 42.0 Å². The maximum Gasteiger partial charge on any atom is 0.0525 e. The summed E-state index contributed by atoms with van der Waals surface area (Å²) in [6.07, 6.45) is 2.28. The van der Waals surface area contributed by atoms with Gasteiger partial charge < -0.3 is 5.43 Å². The standard InChI is InChI=1S/C12H16N2/c1-12(2)8-11(14-13-9-12)10-6-4-3-5-7-10/h3-8,13-14H,9H2,1-2H3. The monoisotopic (exact) mass is 188 g/mol. The highest BCUT2D eigenvalue weighted by Gasteiger charge is 2.20. The van der Waals surface area contributed by atoms with Gasteiger partial charge in [0.15, 0.2) is 0 Å². The Hall–Kier alpha value is -1.28. The summed E-state index contributed by atoms with van der Waals surface area (Å²) in [5.41, 5.74) is 9.02. The van der Waals surface area contributed by atoms with E-state index < -0.39 is 0 Å². The molecule has 0 saturated heterocycles. The number of rotatable bonds is 1. The Kier molecular flexibility index (Phi) is 2.30. The van der Waals surface area contributed by atoms with E-state index >= 15 is 0 Å². The predicted molar refractivity (Wildman–Crippen MR) is 59.3 cm³/mol. The van der Waals surface area contributed by atoms with Crippen molar-refractivity contribution >= 4 is 5.70 Å². The topological polar surface area (TPSA) is 24.1 Å². The highest BCUT2D eigenvalue weighted by Crippen LogP contribution is 2.24. The van der Waals surface area contributed by atoms with Crippen LogP contribution < -0.4 is 10.9 Å². The van der Waals surface area contributed by atoms with Crippen LogP contribution in [0.15, 0.2) is 36.4 Å². The molecular weight excluding hydrogens is 172 g/mol. The molecule has 0 fully saturated rings. The predicted octanol–water partition coefficient (Wildman–Crippen LogP) is 2.16. The molecule has 2 nitrogen and oxygen atoms in total. The molecule has 0 amide bonds. The lowest BCUT2D eigenvalue weighted by Gasteiger charge is -2.29. The molecule has 1 heterocycles. The first-order valence-electron chi connectivity index (χ1n) is 4.95. The molecule has 0 bridgehead atoms. The van der Waals surface area contributed by atoms with Crippen LogP contribution in [0.5, 0.6) is 0 Å². The van der Waals surface area contributed by atoms with Crippen molar-refractivity contribution in [2.75, 3.05) is 6.54 Å². The molecule has 0 saturated carbocycles. The Bertz CT molecular complexity index is 339. The van der Waals surface area contributed by atoms with Gasteiger partial charge in [0.2, 0.25) is 0 Å². The fourth-order valence-electron chi connectivity index (χ4n) is 1.62. The molecule has 0 aliphatic carbocycles. The highest BCUT2D eigenvalue weighted by molar-refractivity contribution is 5.64. The number of hydrogen-bond acceptors (Lipinski definition) is 2. The fourth-order valence-corrected chi connectivity index (χ4v) is 1.62. The van der Waals surface area contributed by atoms with E-state index in [1.807, 2.05) is 6.07 Å². The van der Waals surface area contributed by atoms with Crippen molar-refractivity contribution < 1.29 is 0 Å². The second-order valence-electron chi connectivity index (χ2n) is 4.39. The van der Waals surface area contributed by atoms with Crippen molar-refractivity contribution in [1.82, 2.24) is 10.9 Å². The lowest BCUT2D eigenvalue weighted by molar-refractivity contribution is 0.397. The summed E-state index contributed by atoms with van der Waals surface area (Å²) in [5.74, 6) is 0. The van der Waals surface area contributed by atoms with E-state index in [0.717, 1.165) is 6.54 Å². The second-order valence-corrected chi connectivity index (χ2v) is 4.39. The molecule has 0 aromatic heterocycles. The van der Waals surface area contributed by atoms with Gasteiger partial charge in [-0.1, -0.05) is 50.3 Å². The third-order valence-electron chi connectivity index (χ3n) is 2.39. The molecular formula is C12H16N2. The lowest BCUT2D eigenvalue weighted by atomic mass is 9.90. The minimum Gasteiger partial charge on any atom is -0.321 e. The van der Waals surface area contributed by atoms with Crippen LogP contribution in [-0.2, 0) is 0 Å². The summed E-state index contributed by atoms with van der Waals surface area (Å²) in [5, 5.41) is 0. The SMILES string of the molecule is CC1(C)C=C(c2ccccc2)NNC1. The van der Waals surface area contributed by atoms with Gasteiger partial charge in [0.25, 0.3) is 0 Å². The molecule has 2 N–H and O–H groups in total. The normalized spacial score (nSPS) is 19.7.